The summed E-state index contributed by atoms with van der Waals surface area (Å²) in [6, 6.07) is 4.24. The first-order chi connectivity index (χ1) is 8.99. The van der Waals surface area contributed by atoms with Gasteiger partial charge in [0.15, 0.2) is 0 Å². The van der Waals surface area contributed by atoms with Gasteiger partial charge in [0.25, 0.3) is 5.91 Å². The van der Waals surface area contributed by atoms with Crippen LogP contribution < -0.4 is 5.73 Å². The van der Waals surface area contributed by atoms with Gasteiger partial charge in [-0.1, -0.05) is 23.8 Å². The van der Waals surface area contributed by atoms with Crippen LogP contribution in [-0.4, -0.2) is 28.4 Å². The molecule has 0 spiro atoms. The third kappa shape index (κ3) is 3.64. The van der Waals surface area contributed by atoms with Crippen LogP contribution in [0.4, 0.5) is 4.39 Å². The Bertz CT molecular complexity index is 519. The molecule has 1 amide bonds. The van der Waals surface area contributed by atoms with Crippen LogP contribution in [0.25, 0.3) is 0 Å². The molecule has 6 heteroatoms. The Morgan fingerprint density at radius 1 is 1.53 bits per heavy atom. The number of hydrogen-bond donors (Lipinski definition) is 1. The Labute approximate surface area is 121 Å². The molecule has 3 nitrogen and oxygen atoms in total. The molecule has 1 aliphatic rings. The summed E-state index contributed by atoms with van der Waals surface area (Å²) in [5, 5.41) is -0.0454. The van der Waals surface area contributed by atoms with Crippen LogP contribution in [0.15, 0.2) is 18.2 Å². The van der Waals surface area contributed by atoms with Crippen LogP contribution in [0, 0.1) is 5.82 Å². The van der Waals surface area contributed by atoms with E-state index in [1.807, 2.05) is 0 Å². The summed E-state index contributed by atoms with van der Waals surface area (Å²) in [5.74, 6) is -0.681. The SMILES string of the molecule is NC(=S)CCN(C(=O)c1ccc(F)c(Cl)c1)C1CC1. The van der Waals surface area contributed by atoms with Crippen molar-refractivity contribution in [2.75, 3.05) is 6.54 Å². The molecule has 19 heavy (non-hydrogen) atoms. The summed E-state index contributed by atoms with van der Waals surface area (Å²) in [7, 11) is 0. The molecule has 0 heterocycles. The fourth-order valence-electron chi connectivity index (χ4n) is 1.86. The lowest BCUT2D eigenvalue weighted by atomic mass is 10.2. The summed E-state index contributed by atoms with van der Waals surface area (Å²) in [5.41, 5.74) is 5.86. The molecule has 0 bridgehead atoms. The van der Waals surface area contributed by atoms with Crippen molar-refractivity contribution in [2.45, 2.75) is 25.3 Å². The number of amides is 1. The molecule has 1 aromatic rings. The maximum Gasteiger partial charge on any atom is 0.254 e. The third-order valence-electron chi connectivity index (χ3n) is 3.01. The minimum atomic E-state index is -0.528. The molecule has 0 unspecified atom stereocenters. The number of carbonyl (C=O) groups is 1. The van der Waals surface area contributed by atoms with Crippen LogP contribution in [-0.2, 0) is 0 Å². The molecule has 0 saturated heterocycles. The summed E-state index contributed by atoms with van der Waals surface area (Å²) in [6.07, 6.45) is 2.46. The smallest absolute Gasteiger partial charge is 0.254 e. The first kappa shape index (κ1) is 14.2. The molecule has 1 fully saturated rings. The number of nitrogens with zero attached hydrogens (tertiary/aromatic N) is 1. The predicted octanol–water partition coefficient (Wildman–Crippen LogP) is 2.76. The molecule has 2 rings (SSSR count). The van der Waals surface area contributed by atoms with Gasteiger partial charge in [-0.25, -0.2) is 4.39 Å². The van der Waals surface area contributed by atoms with Crippen molar-refractivity contribution in [3.8, 4) is 0 Å². The minimum absolute atomic E-state index is 0.0454. The Kier molecular flexibility index (Phi) is 4.37. The number of carbonyl (C=O) groups excluding carboxylic acids is 1. The standard InChI is InChI=1S/C13H14ClFN2OS/c14-10-7-8(1-4-11(10)15)13(18)17(9-2-3-9)6-5-12(16)19/h1,4,7,9H,2-3,5-6H2,(H2,16,19). The molecular formula is C13H14ClFN2OS. The van der Waals surface area contributed by atoms with Crippen molar-refractivity contribution < 1.29 is 9.18 Å². The number of rotatable bonds is 5. The predicted molar refractivity (Wildman–Crippen MR) is 76.9 cm³/mol. The highest BCUT2D eigenvalue weighted by Crippen LogP contribution is 2.29. The molecule has 102 valence electrons. The lowest BCUT2D eigenvalue weighted by molar-refractivity contribution is 0.0748. The molecule has 2 N–H and O–H groups in total. The average Bonchev–Trinajstić information content (AvgIpc) is 3.16. The third-order valence-corrected chi connectivity index (χ3v) is 3.51. The molecule has 1 aromatic carbocycles. The number of benzene rings is 1. The largest absolute Gasteiger partial charge is 0.393 e. The van der Waals surface area contributed by atoms with E-state index in [1.54, 1.807) is 4.90 Å². The Balaban J connectivity index is 2.14. The van der Waals surface area contributed by atoms with Gasteiger partial charge in [-0.05, 0) is 31.0 Å². The van der Waals surface area contributed by atoms with E-state index < -0.39 is 5.82 Å². The van der Waals surface area contributed by atoms with Crippen molar-refractivity contribution in [2.24, 2.45) is 5.73 Å². The molecule has 0 aromatic heterocycles. The minimum Gasteiger partial charge on any atom is -0.393 e. The second-order valence-corrected chi connectivity index (χ2v) is 5.51. The number of halogens is 2. The summed E-state index contributed by atoms with van der Waals surface area (Å²) >= 11 is 10.5. The maximum absolute atomic E-state index is 13.1. The highest BCUT2D eigenvalue weighted by molar-refractivity contribution is 7.80. The average molecular weight is 301 g/mol. The molecule has 0 aliphatic heterocycles. The summed E-state index contributed by atoms with van der Waals surface area (Å²) < 4.78 is 13.1. The van der Waals surface area contributed by atoms with E-state index in [0.717, 1.165) is 12.8 Å². The normalized spacial score (nSPS) is 14.2. The lowest BCUT2D eigenvalue weighted by Gasteiger charge is -2.22. The van der Waals surface area contributed by atoms with Gasteiger partial charge in [-0.2, -0.15) is 0 Å². The Morgan fingerprint density at radius 2 is 2.21 bits per heavy atom. The molecule has 1 aliphatic carbocycles. The molecule has 0 radical (unpaired) electrons. The van der Waals surface area contributed by atoms with E-state index in [1.165, 1.54) is 18.2 Å². The van der Waals surface area contributed by atoms with Crippen LogP contribution in [0.1, 0.15) is 29.6 Å². The van der Waals surface area contributed by atoms with Gasteiger partial charge in [-0.15, -0.1) is 0 Å². The lowest BCUT2D eigenvalue weighted by Crippen LogP contribution is -2.35. The van der Waals surface area contributed by atoms with Gasteiger partial charge in [0, 0.05) is 24.6 Å². The Hall–Kier alpha value is -1.20. The van der Waals surface area contributed by atoms with Crippen LogP contribution in [0.2, 0.25) is 5.02 Å². The number of nitrogens with two attached hydrogens (primary N) is 1. The van der Waals surface area contributed by atoms with Crippen LogP contribution >= 0.6 is 23.8 Å². The molecule has 1 saturated carbocycles. The first-order valence-electron chi connectivity index (χ1n) is 6.03. The van der Waals surface area contributed by atoms with E-state index in [4.69, 9.17) is 29.6 Å². The summed E-state index contributed by atoms with van der Waals surface area (Å²) in [6.45, 7) is 0.494. The van der Waals surface area contributed by atoms with Gasteiger partial charge in [0.1, 0.15) is 5.82 Å². The summed E-state index contributed by atoms with van der Waals surface area (Å²) in [4.78, 5) is 14.5. The van der Waals surface area contributed by atoms with E-state index >= 15 is 0 Å². The van der Waals surface area contributed by atoms with E-state index in [-0.39, 0.29) is 17.0 Å². The van der Waals surface area contributed by atoms with Crippen molar-refractivity contribution in [1.82, 2.24) is 4.90 Å². The van der Waals surface area contributed by atoms with Gasteiger partial charge >= 0.3 is 0 Å². The zero-order chi connectivity index (χ0) is 14.0. The van der Waals surface area contributed by atoms with Crippen molar-refractivity contribution in [1.29, 1.82) is 0 Å². The molecular weight excluding hydrogens is 287 g/mol. The van der Waals surface area contributed by atoms with Gasteiger partial charge in [0.05, 0.1) is 10.0 Å². The second-order valence-electron chi connectivity index (χ2n) is 4.57. The van der Waals surface area contributed by atoms with E-state index in [2.05, 4.69) is 0 Å². The maximum atomic E-state index is 13.1. The zero-order valence-electron chi connectivity index (χ0n) is 10.2. The van der Waals surface area contributed by atoms with Crippen LogP contribution in [0.5, 0.6) is 0 Å². The van der Waals surface area contributed by atoms with Gasteiger partial charge < -0.3 is 10.6 Å². The Morgan fingerprint density at radius 3 is 2.74 bits per heavy atom. The topological polar surface area (TPSA) is 46.3 Å². The van der Waals surface area contributed by atoms with Crippen LogP contribution in [0.3, 0.4) is 0 Å². The number of hydrogen-bond acceptors (Lipinski definition) is 2. The quantitative estimate of drug-likeness (QED) is 0.851. The van der Waals surface area contributed by atoms with E-state index in [0.29, 0.717) is 23.5 Å². The fourth-order valence-corrected chi connectivity index (χ4v) is 2.13. The number of thiocarbonyl (C=S) groups is 1. The van der Waals surface area contributed by atoms with E-state index in [9.17, 15) is 9.18 Å². The van der Waals surface area contributed by atoms with Crippen molar-refractivity contribution in [3.63, 3.8) is 0 Å². The fraction of sp³-hybridized carbons (Fsp3) is 0.385. The highest BCUT2D eigenvalue weighted by atomic mass is 35.5. The van der Waals surface area contributed by atoms with Crippen molar-refractivity contribution in [3.05, 3.63) is 34.6 Å². The van der Waals surface area contributed by atoms with Crippen molar-refractivity contribution >= 4 is 34.7 Å². The monoisotopic (exact) mass is 300 g/mol. The molecule has 0 atom stereocenters. The highest BCUT2D eigenvalue weighted by Gasteiger charge is 2.32. The van der Waals surface area contributed by atoms with Gasteiger partial charge in [0.2, 0.25) is 0 Å². The zero-order valence-corrected chi connectivity index (χ0v) is 11.8. The van der Waals surface area contributed by atoms with Gasteiger partial charge in [-0.3, -0.25) is 4.79 Å². The first-order valence-corrected chi connectivity index (χ1v) is 6.82. The second kappa shape index (κ2) is 5.84.